The van der Waals surface area contributed by atoms with E-state index in [4.69, 9.17) is 0 Å². The number of hydrogen-bond donors (Lipinski definition) is 0. The van der Waals surface area contributed by atoms with Crippen LogP contribution in [0.1, 0.15) is 229 Å². The number of benzene rings is 4. The van der Waals surface area contributed by atoms with Crippen LogP contribution in [-0.4, -0.2) is 0 Å². The van der Waals surface area contributed by atoms with E-state index in [2.05, 4.69) is 41.5 Å². The Morgan fingerprint density at radius 3 is 0.175 bits per heavy atom. The van der Waals surface area contributed by atoms with E-state index in [0.717, 1.165) is 0 Å². The molecule has 0 heterocycles. The van der Waals surface area contributed by atoms with Gasteiger partial charge in [0.15, 0.2) is 0 Å². The van der Waals surface area contributed by atoms with Gasteiger partial charge in [-0.2, -0.15) is 0 Å². The van der Waals surface area contributed by atoms with Crippen molar-refractivity contribution >= 4 is 0 Å². The largest absolute Gasteiger partial charge is 0.0776 e. The topological polar surface area (TPSA) is 0 Å². The zero-order valence-electron chi connectivity index (χ0n) is 42.0. The SMILES string of the molecule is C.C.C.C.CC.CC.CC.CC.CC.CC.CC.CC.CC.CC.CCC.CCC.CCC.c1ccccc1.c1ccccc1.c1ccccc1.c1ccccc1. The van der Waals surface area contributed by atoms with Crippen molar-refractivity contribution in [3.8, 4) is 0 Å². The summed E-state index contributed by atoms with van der Waals surface area (Å²) in [7, 11) is 0. The Balaban J connectivity index is -0.0000000204. The maximum atomic E-state index is 2.12. The highest BCUT2D eigenvalue weighted by atomic mass is 13.7. The van der Waals surface area contributed by atoms with Crippen molar-refractivity contribution in [1.29, 1.82) is 0 Å². The van der Waals surface area contributed by atoms with Crippen LogP contribution in [0, 0.1) is 0 Å². The molecule has 0 aliphatic heterocycles. The predicted molar refractivity (Wildman–Crippen MR) is 294 cm³/mol. The van der Waals surface area contributed by atoms with E-state index in [0.29, 0.717) is 0 Å². The Morgan fingerprint density at radius 2 is 0.158 bits per heavy atom. The van der Waals surface area contributed by atoms with E-state index < -0.39 is 0 Å². The molecule has 352 valence electrons. The van der Waals surface area contributed by atoms with Gasteiger partial charge in [-0.05, 0) is 0 Å². The second kappa shape index (κ2) is 250. The monoisotopic (exact) mass is 809 g/mol. The molecule has 0 fully saturated rings. The van der Waals surface area contributed by atoms with Crippen LogP contribution in [0.3, 0.4) is 0 Å². The molecule has 4 rings (SSSR count). The van der Waals surface area contributed by atoms with Crippen molar-refractivity contribution in [2.45, 2.75) is 229 Å². The summed E-state index contributed by atoms with van der Waals surface area (Å²) < 4.78 is 0. The summed E-state index contributed by atoms with van der Waals surface area (Å²) >= 11 is 0. The third kappa shape index (κ3) is 314. The van der Waals surface area contributed by atoms with E-state index in [1.165, 1.54) is 19.3 Å². The van der Waals surface area contributed by atoms with Gasteiger partial charge in [-0.25, -0.2) is 0 Å². The molecule has 0 radical (unpaired) electrons. The summed E-state index contributed by atoms with van der Waals surface area (Å²) in [6.07, 6.45) is 3.75. The second-order valence-corrected chi connectivity index (χ2v) is 6.74. The van der Waals surface area contributed by atoms with Crippen molar-refractivity contribution in [2.24, 2.45) is 0 Å². The van der Waals surface area contributed by atoms with Crippen molar-refractivity contribution in [3.05, 3.63) is 146 Å². The smallest absolute Gasteiger partial charge is 0.0590 e. The van der Waals surface area contributed by atoms with Gasteiger partial charge in [0.2, 0.25) is 0 Å². The average Bonchev–Trinajstić information content (AvgIpc) is 3.32. The minimum atomic E-state index is 0. The van der Waals surface area contributed by atoms with Crippen molar-refractivity contribution in [2.75, 3.05) is 0 Å². The predicted octanol–water partition coefficient (Wildman–Crippen LogP) is 23.8. The van der Waals surface area contributed by atoms with Crippen molar-refractivity contribution in [1.82, 2.24) is 0 Å². The van der Waals surface area contributed by atoms with Crippen LogP contribution in [-0.2, 0) is 0 Å². The van der Waals surface area contributed by atoms with Gasteiger partial charge in [0, 0.05) is 0 Å². The Bertz CT molecular complexity index is 454. The van der Waals surface area contributed by atoms with E-state index in [9.17, 15) is 0 Å². The van der Waals surface area contributed by atoms with Gasteiger partial charge in [0.25, 0.3) is 0 Å². The molecule has 0 saturated heterocycles. The molecule has 0 bridgehead atoms. The van der Waals surface area contributed by atoms with Gasteiger partial charge >= 0.3 is 0 Å². The molecule has 0 unspecified atom stereocenters. The minimum Gasteiger partial charge on any atom is -0.0776 e. The third-order valence-electron chi connectivity index (χ3n) is 2.67. The van der Waals surface area contributed by atoms with Gasteiger partial charge in [-0.3, -0.25) is 0 Å². The van der Waals surface area contributed by atoms with Gasteiger partial charge in [0.05, 0.1) is 0 Å². The molecule has 0 saturated carbocycles. The van der Waals surface area contributed by atoms with Gasteiger partial charge in [0.1, 0.15) is 0 Å². The van der Waals surface area contributed by atoms with Crippen LogP contribution < -0.4 is 0 Å². The van der Waals surface area contributed by atoms with E-state index >= 15 is 0 Å². The Morgan fingerprint density at radius 1 is 0.140 bits per heavy atom. The highest BCUT2D eigenvalue weighted by Gasteiger charge is 1.59. The second-order valence-electron chi connectivity index (χ2n) is 6.74. The first-order valence-electron chi connectivity index (χ1n) is 22.2. The summed E-state index contributed by atoms with van der Waals surface area (Å²) in [6, 6.07) is 48.0. The van der Waals surface area contributed by atoms with Crippen LogP contribution >= 0.6 is 0 Å². The molecule has 0 aromatic heterocycles. The van der Waals surface area contributed by atoms with Gasteiger partial charge < -0.3 is 0 Å². The summed E-state index contributed by atoms with van der Waals surface area (Å²) in [5.74, 6) is 0. The summed E-state index contributed by atoms with van der Waals surface area (Å²) in [6.45, 7) is 52.8. The fraction of sp³-hybridized carbons (Fsp3) is 0.579. The van der Waals surface area contributed by atoms with Gasteiger partial charge in [-0.15, -0.1) is 0 Å². The van der Waals surface area contributed by atoms with E-state index in [-0.39, 0.29) is 29.7 Å². The lowest BCUT2D eigenvalue weighted by atomic mass is 10.4. The molecule has 0 heteroatoms. The van der Waals surface area contributed by atoms with Crippen LogP contribution in [0.2, 0.25) is 0 Å². The molecule has 4 aromatic rings. The average molecular weight is 810 g/mol. The Labute approximate surface area is 373 Å². The Hall–Kier alpha value is -3.12. The lowest BCUT2D eigenvalue weighted by molar-refractivity contribution is 1.09. The molecule has 0 aliphatic carbocycles. The maximum absolute atomic E-state index is 2.12. The molecule has 0 nitrogen and oxygen atoms in total. The highest BCUT2D eigenvalue weighted by molar-refractivity contribution is 5.00. The van der Waals surface area contributed by atoms with Crippen molar-refractivity contribution in [3.63, 3.8) is 0 Å². The summed E-state index contributed by atoms with van der Waals surface area (Å²) in [5.41, 5.74) is 0. The van der Waals surface area contributed by atoms with Crippen LogP contribution in [0.4, 0.5) is 0 Å². The Kier molecular flexibility index (Phi) is 485. The summed E-state index contributed by atoms with van der Waals surface area (Å²) in [4.78, 5) is 0. The lowest BCUT2D eigenvalue weighted by Crippen LogP contribution is -1.47. The molecule has 4 aromatic carbocycles. The molecule has 57 heavy (non-hydrogen) atoms. The fourth-order valence-electron chi connectivity index (χ4n) is 1.54. The number of rotatable bonds is 0. The van der Waals surface area contributed by atoms with E-state index in [1.54, 1.807) is 0 Å². The first kappa shape index (κ1) is 111. The molecule has 0 N–H and O–H groups in total. The molecule has 0 atom stereocenters. The molecular formula is C57H124. The lowest BCUT2D eigenvalue weighted by Gasteiger charge is -1.69. The fourth-order valence-corrected chi connectivity index (χ4v) is 1.54. The van der Waals surface area contributed by atoms with Crippen LogP contribution in [0.25, 0.3) is 0 Å². The number of hydrogen-bond acceptors (Lipinski definition) is 0. The van der Waals surface area contributed by atoms with Crippen LogP contribution in [0.5, 0.6) is 0 Å². The minimum absolute atomic E-state index is 0. The molecule has 0 spiro atoms. The third-order valence-corrected chi connectivity index (χ3v) is 2.67. The highest BCUT2D eigenvalue weighted by Crippen LogP contribution is 1.81. The standard InChI is InChI=1S/4C6H6.3C3H8.10C2H6.4CH4/c4*1-2-4-6-5-3-1;3*1-3-2;10*1-2;;;;/h4*1-6H;3*3H2,1-2H3;10*1-2H3;4*1H4. The zero-order chi connectivity index (χ0) is 45.1. The summed E-state index contributed by atoms with van der Waals surface area (Å²) in [5, 5.41) is 0. The normalized spacial score (nSPS) is 5.37. The quantitative estimate of drug-likeness (QED) is 0.166. The van der Waals surface area contributed by atoms with Crippen molar-refractivity contribution < 1.29 is 0 Å². The first-order chi connectivity index (χ1) is 26.2. The molecular weight excluding hydrogens is 685 g/mol. The first-order valence-corrected chi connectivity index (χ1v) is 22.2. The van der Waals surface area contributed by atoms with E-state index in [1.807, 2.05) is 284 Å². The van der Waals surface area contributed by atoms with Gasteiger partial charge in [-0.1, -0.05) is 375 Å². The van der Waals surface area contributed by atoms with Crippen LogP contribution in [0.15, 0.2) is 146 Å². The maximum Gasteiger partial charge on any atom is -0.0590 e. The molecule has 0 aliphatic rings. The zero-order valence-corrected chi connectivity index (χ0v) is 42.0. The molecule has 0 amide bonds.